The van der Waals surface area contributed by atoms with E-state index in [4.69, 9.17) is 4.74 Å². The van der Waals surface area contributed by atoms with Crippen LogP contribution in [0.1, 0.15) is 36.6 Å². The number of fused-ring (bicyclic) bond motifs is 1. The maximum Gasteiger partial charge on any atom is 0.234 e. The summed E-state index contributed by atoms with van der Waals surface area (Å²) in [4.78, 5) is 0.844. The van der Waals surface area contributed by atoms with Crippen molar-refractivity contribution in [1.82, 2.24) is 25.1 Å². The van der Waals surface area contributed by atoms with Crippen LogP contribution in [0, 0.1) is 5.92 Å². The van der Waals surface area contributed by atoms with Crippen LogP contribution in [0.15, 0.2) is 0 Å². The van der Waals surface area contributed by atoms with Crippen molar-refractivity contribution in [3.63, 3.8) is 0 Å². The number of aromatic nitrogens is 4. The van der Waals surface area contributed by atoms with E-state index < -0.39 is 0 Å². The molecule has 0 aromatic carbocycles. The summed E-state index contributed by atoms with van der Waals surface area (Å²) in [5.74, 6) is 1.38. The molecule has 6 nitrogen and oxygen atoms in total. The molecule has 2 atom stereocenters. The summed E-state index contributed by atoms with van der Waals surface area (Å²) in [6.45, 7) is 3.79. The second-order valence-electron chi connectivity index (χ2n) is 4.74. The number of hydrogen-bond acceptors (Lipinski definition) is 6. The quantitative estimate of drug-likeness (QED) is 0.910. The molecule has 1 aliphatic heterocycles. The van der Waals surface area contributed by atoms with Crippen LogP contribution in [0.25, 0.3) is 4.96 Å². The Kier molecular flexibility index (Phi) is 3.27. The molecular formula is C11H17N5OS. The smallest absolute Gasteiger partial charge is 0.234 e. The highest BCUT2D eigenvalue weighted by molar-refractivity contribution is 7.16. The minimum Gasteiger partial charge on any atom is -0.377 e. The lowest BCUT2D eigenvalue weighted by molar-refractivity contribution is 0.176. The van der Waals surface area contributed by atoms with Gasteiger partial charge in [-0.1, -0.05) is 18.3 Å². The Morgan fingerprint density at radius 2 is 2.39 bits per heavy atom. The maximum absolute atomic E-state index is 5.10. The number of piperidine rings is 1. The van der Waals surface area contributed by atoms with Crippen LogP contribution in [0.3, 0.4) is 0 Å². The molecule has 0 saturated carbocycles. The third-order valence-electron chi connectivity index (χ3n) is 3.38. The lowest BCUT2D eigenvalue weighted by atomic mass is 9.93. The first-order valence-electron chi connectivity index (χ1n) is 6.23. The fourth-order valence-corrected chi connectivity index (χ4v) is 3.46. The molecule has 18 heavy (non-hydrogen) atoms. The number of nitrogens with zero attached hydrogens (tertiary/aromatic N) is 4. The van der Waals surface area contributed by atoms with E-state index in [0.717, 1.165) is 22.3 Å². The number of ether oxygens (including phenoxy) is 1. The van der Waals surface area contributed by atoms with E-state index in [1.165, 1.54) is 12.8 Å². The number of methoxy groups -OCH3 is 1. The van der Waals surface area contributed by atoms with Gasteiger partial charge in [-0.2, -0.15) is 9.61 Å². The predicted molar refractivity (Wildman–Crippen MR) is 68.5 cm³/mol. The van der Waals surface area contributed by atoms with Gasteiger partial charge in [-0.25, -0.2) is 0 Å². The summed E-state index contributed by atoms with van der Waals surface area (Å²) in [7, 11) is 1.65. The zero-order valence-electron chi connectivity index (χ0n) is 10.6. The van der Waals surface area contributed by atoms with Crippen molar-refractivity contribution in [3.05, 3.63) is 10.8 Å². The molecule has 3 rings (SSSR count). The summed E-state index contributed by atoms with van der Waals surface area (Å²) in [5, 5.41) is 17.5. The van der Waals surface area contributed by atoms with Gasteiger partial charge >= 0.3 is 0 Å². The van der Waals surface area contributed by atoms with E-state index in [0.29, 0.717) is 18.6 Å². The Labute approximate surface area is 109 Å². The summed E-state index contributed by atoms with van der Waals surface area (Å²) >= 11 is 1.61. The van der Waals surface area contributed by atoms with Gasteiger partial charge in [0.2, 0.25) is 4.96 Å². The van der Waals surface area contributed by atoms with E-state index in [9.17, 15) is 0 Å². The number of rotatable bonds is 3. The number of nitrogens with one attached hydrogen (secondary N) is 1. The molecule has 0 aliphatic carbocycles. The monoisotopic (exact) mass is 267 g/mol. The first-order chi connectivity index (χ1) is 8.79. The normalized spacial score (nSPS) is 24.8. The Bertz CT molecular complexity index is 537. The van der Waals surface area contributed by atoms with Crippen molar-refractivity contribution in [2.24, 2.45) is 5.92 Å². The Morgan fingerprint density at radius 1 is 1.50 bits per heavy atom. The van der Waals surface area contributed by atoms with Crippen molar-refractivity contribution >= 4 is 16.3 Å². The van der Waals surface area contributed by atoms with E-state index in [-0.39, 0.29) is 0 Å². The summed E-state index contributed by atoms with van der Waals surface area (Å²) < 4.78 is 6.89. The van der Waals surface area contributed by atoms with Gasteiger partial charge < -0.3 is 10.1 Å². The van der Waals surface area contributed by atoms with Gasteiger partial charge in [-0.3, -0.25) is 0 Å². The molecule has 0 bridgehead atoms. The van der Waals surface area contributed by atoms with Gasteiger partial charge in [0, 0.05) is 7.11 Å². The van der Waals surface area contributed by atoms with Crippen LogP contribution in [0.4, 0.5) is 0 Å². The minimum atomic E-state index is 0.348. The molecule has 2 aromatic heterocycles. The second kappa shape index (κ2) is 4.91. The maximum atomic E-state index is 5.10. The van der Waals surface area contributed by atoms with E-state index in [1.807, 2.05) is 0 Å². The molecular weight excluding hydrogens is 250 g/mol. The highest BCUT2D eigenvalue weighted by Gasteiger charge is 2.26. The van der Waals surface area contributed by atoms with Gasteiger partial charge in [-0.05, 0) is 25.3 Å². The summed E-state index contributed by atoms with van der Waals surface area (Å²) in [6, 6.07) is 0.348. The zero-order chi connectivity index (χ0) is 12.5. The van der Waals surface area contributed by atoms with Gasteiger partial charge in [0.15, 0.2) is 5.82 Å². The van der Waals surface area contributed by atoms with E-state index >= 15 is 0 Å². The van der Waals surface area contributed by atoms with Gasteiger partial charge in [0.1, 0.15) is 11.6 Å². The van der Waals surface area contributed by atoms with Gasteiger partial charge in [-0.15, -0.1) is 10.2 Å². The average molecular weight is 267 g/mol. The molecule has 7 heteroatoms. The lowest BCUT2D eigenvalue weighted by Gasteiger charge is -2.27. The molecule has 0 radical (unpaired) electrons. The molecule has 98 valence electrons. The number of hydrogen-bond donors (Lipinski definition) is 1. The van der Waals surface area contributed by atoms with Crippen molar-refractivity contribution in [2.45, 2.75) is 32.4 Å². The summed E-state index contributed by atoms with van der Waals surface area (Å²) in [5.41, 5.74) is 0. The van der Waals surface area contributed by atoms with Crippen LogP contribution in [-0.4, -0.2) is 33.5 Å². The highest BCUT2D eigenvalue weighted by atomic mass is 32.1. The van der Waals surface area contributed by atoms with Crippen molar-refractivity contribution < 1.29 is 4.74 Å². The fraction of sp³-hybridized carbons (Fsp3) is 0.727. The molecule has 1 N–H and O–H groups in total. The minimum absolute atomic E-state index is 0.348. The average Bonchev–Trinajstić information content (AvgIpc) is 2.92. The molecule has 1 saturated heterocycles. The van der Waals surface area contributed by atoms with Crippen LogP contribution in [0.2, 0.25) is 0 Å². The molecule has 2 aromatic rings. The Balaban J connectivity index is 1.92. The van der Waals surface area contributed by atoms with Crippen LogP contribution in [-0.2, 0) is 11.3 Å². The van der Waals surface area contributed by atoms with Crippen molar-refractivity contribution in [2.75, 3.05) is 13.7 Å². The molecule has 1 aliphatic rings. The molecule has 0 amide bonds. The van der Waals surface area contributed by atoms with Crippen LogP contribution in [0.5, 0.6) is 0 Å². The lowest BCUT2D eigenvalue weighted by Crippen LogP contribution is -2.32. The fourth-order valence-electron chi connectivity index (χ4n) is 2.40. The molecule has 3 heterocycles. The van der Waals surface area contributed by atoms with Crippen LogP contribution < -0.4 is 5.32 Å². The Hall–Kier alpha value is -1.05. The highest BCUT2D eigenvalue weighted by Crippen LogP contribution is 2.31. The van der Waals surface area contributed by atoms with E-state index in [2.05, 4.69) is 27.5 Å². The first-order valence-corrected chi connectivity index (χ1v) is 7.04. The third-order valence-corrected chi connectivity index (χ3v) is 4.36. The molecule has 0 spiro atoms. The molecule has 2 unspecified atom stereocenters. The SMILES string of the molecule is COCc1nnc2sc(C3NCCCC3C)nn12. The predicted octanol–water partition coefficient (Wildman–Crippen LogP) is 1.39. The van der Waals surface area contributed by atoms with Crippen LogP contribution >= 0.6 is 11.3 Å². The summed E-state index contributed by atoms with van der Waals surface area (Å²) in [6.07, 6.45) is 2.50. The van der Waals surface area contributed by atoms with Crippen molar-refractivity contribution in [3.8, 4) is 0 Å². The topological polar surface area (TPSA) is 64.3 Å². The Morgan fingerprint density at radius 3 is 3.17 bits per heavy atom. The van der Waals surface area contributed by atoms with Gasteiger partial charge in [0.05, 0.1) is 6.04 Å². The largest absolute Gasteiger partial charge is 0.377 e. The standard InChI is InChI=1S/C11H17N5OS/c1-7-4-3-5-12-9(7)10-15-16-8(6-17-2)13-14-11(16)18-10/h7,9,12H,3-6H2,1-2H3. The van der Waals surface area contributed by atoms with Crippen molar-refractivity contribution in [1.29, 1.82) is 0 Å². The van der Waals surface area contributed by atoms with Gasteiger partial charge in [0.25, 0.3) is 0 Å². The molecule has 1 fully saturated rings. The second-order valence-corrected chi connectivity index (χ2v) is 5.72. The first kappa shape index (κ1) is 12.0. The third kappa shape index (κ3) is 2.02. The zero-order valence-corrected chi connectivity index (χ0v) is 11.4. The van der Waals surface area contributed by atoms with E-state index in [1.54, 1.807) is 23.0 Å².